The minimum Gasteiger partial charge on any atom is -0.481 e. The molecule has 0 aliphatic rings. The third-order valence-electron chi connectivity index (χ3n) is 2.53. The minimum absolute atomic E-state index is 0.391. The van der Waals surface area contributed by atoms with E-state index in [1.807, 2.05) is 45.9 Å². The van der Waals surface area contributed by atoms with Crippen molar-refractivity contribution in [2.24, 2.45) is 0 Å². The molecule has 1 N–H and O–H groups in total. The van der Waals surface area contributed by atoms with Crippen LogP contribution in [0.25, 0.3) is 6.08 Å². The maximum Gasteiger partial charge on any atom is 0.407 e. The summed E-state index contributed by atoms with van der Waals surface area (Å²) in [7, 11) is 1.60. The fraction of sp³-hybridized carbons (Fsp3) is 0.500. The first-order chi connectivity index (χ1) is 9.81. The van der Waals surface area contributed by atoms with Gasteiger partial charge in [-0.3, -0.25) is 0 Å². The molecule has 0 spiro atoms. The lowest BCUT2D eigenvalue weighted by molar-refractivity contribution is 0.0529. The summed E-state index contributed by atoms with van der Waals surface area (Å²) in [6.07, 6.45) is 6.04. The minimum atomic E-state index is -0.466. The Bertz CT molecular complexity index is 505. The summed E-state index contributed by atoms with van der Waals surface area (Å²) in [6.45, 7) is 8.00. The average molecular weight is 292 g/mol. The number of aryl methyl sites for hydroxylation is 1. The number of carbonyl (C=O) groups excluding carboxylic acids is 1. The second-order valence-electron chi connectivity index (χ2n) is 5.71. The molecule has 0 saturated carbocycles. The van der Waals surface area contributed by atoms with Crippen molar-refractivity contribution in [2.75, 3.05) is 13.7 Å². The van der Waals surface area contributed by atoms with Crippen molar-refractivity contribution in [1.82, 2.24) is 10.3 Å². The number of ether oxygens (including phenoxy) is 2. The summed E-state index contributed by atoms with van der Waals surface area (Å²) in [5.74, 6) is 0.638. The van der Waals surface area contributed by atoms with Crippen LogP contribution in [-0.4, -0.2) is 30.3 Å². The van der Waals surface area contributed by atoms with E-state index in [4.69, 9.17) is 9.47 Å². The molecule has 0 atom stereocenters. The molecule has 0 aliphatic carbocycles. The summed E-state index contributed by atoms with van der Waals surface area (Å²) in [4.78, 5) is 15.6. The monoisotopic (exact) mass is 292 g/mol. The number of aromatic nitrogens is 1. The lowest BCUT2D eigenvalue weighted by atomic mass is 10.2. The Labute approximate surface area is 126 Å². The van der Waals surface area contributed by atoms with Crippen molar-refractivity contribution >= 4 is 12.2 Å². The fourth-order valence-corrected chi connectivity index (χ4v) is 1.68. The van der Waals surface area contributed by atoms with Crippen molar-refractivity contribution in [2.45, 2.75) is 39.7 Å². The molecule has 5 heteroatoms. The molecule has 116 valence electrons. The van der Waals surface area contributed by atoms with Crippen LogP contribution in [0.15, 0.2) is 18.3 Å². The van der Waals surface area contributed by atoms with Crippen LogP contribution in [-0.2, 0) is 4.74 Å². The topological polar surface area (TPSA) is 60.5 Å². The molecule has 1 rings (SSSR count). The van der Waals surface area contributed by atoms with E-state index in [9.17, 15) is 4.79 Å². The molecule has 0 aliphatic heterocycles. The number of hydrogen-bond acceptors (Lipinski definition) is 4. The molecule has 0 aromatic carbocycles. The van der Waals surface area contributed by atoms with Crippen LogP contribution in [0.3, 0.4) is 0 Å². The summed E-state index contributed by atoms with van der Waals surface area (Å²) in [5.41, 5.74) is 1.53. The van der Waals surface area contributed by atoms with Gasteiger partial charge in [0.05, 0.1) is 7.11 Å². The van der Waals surface area contributed by atoms with Gasteiger partial charge in [-0.1, -0.05) is 12.2 Å². The van der Waals surface area contributed by atoms with Crippen LogP contribution in [0, 0.1) is 6.92 Å². The number of rotatable bonds is 5. The Morgan fingerprint density at radius 1 is 1.43 bits per heavy atom. The molecule has 1 aromatic heterocycles. The first-order valence-corrected chi connectivity index (χ1v) is 6.96. The predicted octanol–water partition coefficient (Wildman–Crippen LogP) is 3.33. The highest BCUT2D eigenvalue weighted by atomic mass is 16.6. The van der Waals surface area contributed by atoms with Gasteiger partial charge in [0.1, 0.15) is 5.60 Å². The normalized spacial score (nSPS) is 11.5. The Balaban J connectivity index is 2.35. The molecule has 1 aromatic rings. The van der Waals surface area contributed by atoms with Gasteiger partial charge in [0.25, 0.3) is 0 Å². The molecule has 0 radical (unpaired) electrons. The molecule has 1 heterocycles. The summed E-state index contributed by atoms with van der Waals surface area (Å²) < 4.78 is 10.3. The third-order valence-corrected chi connectivity index (χ3v) is 2.53. The highest BCUT2D eigenvalue weighted by Crippen LogP contribution is 2.15. The van der Waals surface area contributed by atoms with Crippen molar-refractivity contribution in [1.29, 1.82) is 0 Å². The number of nitrogens with one attached hydrogen (secondary N) is 1. The van der Waals surface area contributed by atoms with Gasteiger partial charge in [0.15, 0.2) is 0 Å². The Morgan fingerprint density at radius 3 is 2.71 bits per heavy atom. The van der Waals surface area contributed by atoms with E-state index < -0.39 is 11.7 Å². The summed E-state index contributed by atoms with van der Waals surface area (Å²) >= 11 is 0. The van der Waals surface area contributed by atoms with Gasteiger partial charge in [-0.05, 0) is 45.7 Å². The maximum absolute atomic E-state index is 11.4. The SMILES string of the molecule is COc1ncc(C=CCCNC(=O)OC(C)(C)C)cc1C. The third kappa shape index (κ3) is 6.79. The molecule has 21 heavy (non-hydrogen) atoms. The van der Waals surface area contributed by atoms with Gasteiger partial charge in [0.2, 0.25) is 5.88 Å². The van der Waals surface area contributed by atoms with E-state index in [0.29, 0.717) is 12.4 Å². The van der Waals surface area contributed by atoms with Gasteiger partial charge in [-0.25, -0.2) is 9.78 Å². The highest BCUT2D eigenvalue weighted by Gasteiger charge is 2.15. The molecule has 0 saturated heterocycles. The zero-order chi connectivity index (χ0) is 15.9. The molecular formula is C16H24N2O3. The number of pyridine rings is 1. The van der Waals surface area contributed by atoms with Crippen molar-refractivity contribution in [3.05, 3.63) is 29.5 Å². The van der Waals surface area contributed by atoms with Gasteiger partial charge in [-0.2, -0.15) is 0 Å². The predicted molar refractivity (Wildman–Crippen MR) is 83.4 cm³/mol. The summed E-state index contributed by atoms with van der Waals surface area (Å²) in [5, 5.41) is 2.71. The smallest absolute Gasteiger partial charge is 0.407 e. The van der Waals surface area contributed by atoms with Gasteiger partial charge < -0.3 is 14.8 Å². The zero-order valence-corrected chi connectivity index (χ0v) is 13.4. The largest absolute Gasteiger partial charge is 0.481 e. The van der Waals surface area contributed by atoms with Crippen LogP contribution in [0.5, 0.6) is 5.88 Å². The Morgan fingerprint density at radius 2 is 2.14 bits per heavy atom. The van der Waals surface area contributed by atoms with Crippen LogP contribution >= 0.6 is 0 Å². The molecule has 0 unspecified atom stereocenters. The molecule has 0 bridgehead atoms. The fourth-order valence-electron chi connectivity index (χ4n) is 1.68. The number of nitrogens with zero attached hydrogens (tertiary/aromatic N) is 1. The van der Waals surface area contributed by atoms with Crippen LogP contribution < -0.4 is 10.1 Å². The Hall–Kier alpha value is -2.04. The number of methoxy groups -OCH3 is 1. The van der Waals surface area contributed by atoms with Crippen molar-refractivity contribution in [3.8, 4) is 5.88 Å². The quantitative estimate of drug-likeness (QED) is 0.846. The van der Waals surface area contributed by atoms with E-state index in [0.717, 1.165) is 17.5 Å². The first kappa shape index (κ1) is 17.0. The number of alkyl carbamates (subject to hydrolysis) is 1. The summed E-state index contributed by atoms with van der Waals surface area (Å²) in [6, 6.07) is 2.00. The molecular weight excluding hydrogens is 268 g/mol. The second kappa shape index (κ2) is 7.67. The number of carbonyl (C=O) groups is 1. The van der Waals surface area contributed by atoms with E-state index in [2.05, 4.69) is 10.3 Å². The molecule has 0 fully saturated rings. The van der Waals surface area contributed by atoms with Crippen molar-refractivity contribution in [3.63, 3.8) is 0 Å². The van der Waals surface area contributed by atoms with Crippen LogP contribution in [0.4, 0.5) is 4.79 Å². The van der Waals surface area contributed by atoms with Crippen LogP contribution in [0.1, 0.15) is 38.3 Å². The highest BCUT2D eigenvalue weighted by molar-refractivity contribution is 5.67. The number of amides is 1. The molecule has 1 amide bonds. The lowest BCUT2D eigenvalue weighted by Gasteiger charge is -2.19. The van der Waals surface area contributed by atoms with Gasteiger partial charge >= 0.3 is 6.09 Å². The second-order valence-corrected chi connectivity index (χ2v) is 5.71. The Kier molecular flexibility index (Phi) is 6.21. The standard InChI is InChI=1S/C16H24N2O3/c1-12-10-13(11-18-14(12)20-5)8-6-7-9-17-15(19)21-16(2,3)4/h6,8,10-11H,7,9H2,1-5H3,(H,17,19). The maximum atomic E-state index is 11.4. The van der Waals surface area contributed by atoms with E-state index in [1.165, 1.54) is 0 Å². The van der Waals surface area contributed by atoms with Gasteiger partial charge in [-0.15, -0.1) is 0 Å². The van der Waals surface area contributed by atoms with E-state index in [1.54, 1.807) is 13.3 Å². The number of hydrogen-bond donors (Lipinski definition) is 1. The molecule has 5 nitrogen and oxygen atoms in total. The van der Waals surface area contributed by atoms with Crippen molar-refractivity contribution < 1.29 is 14.3 Å². The first-order valence-electron chi connectivity index (χ1n) is 6.96. The average Bonchev–Trinajstić information content (AvgIpc) is 2.36. The van der Waals surface area contributed by atoms with Gasteiger partial charge in [0, 0.05) is 18.3 Å². The van der Waals surface area contributed by atoms with E-state index in [-0.39, 0.29) is 0 Å². The van der Waals surface area contributed by atoms with E-state index >= 15 is 0 Å². The lowest BCUT2D eigenvalue weighted by Crippen LogP contribution is -2.32. The zero-order valence-electron chi connectivity index (χ0n) is 13.4. The van der Waals surface area contributed by atoms with Crippen LogP contribution in [0.2, 0.25) is 0 Å².